The molecular weight excluding hydrogens is 479 g/mol. The van der Waals surface area contributed by atoms with Crippen LogP contribution in [-0.2, 0) is 13.0 Å². The number of hydrogen-bond acceptors (Lipinski definition) is 4. The van der Waals surface area contributed by atoms with E-state index in [1.165, 1.54) is 12.1 Å². The summed E-state index contributed by atoms with van der Waals surface area (Å²) >= 11 is 0. The SMILES string of the molecule is CCCN(Cc1c(CC)nn(-c2ccc(F)cc2)c1N1CCN(C(C)C)CC1)C(=O)Nc1ccccc1C. The van der Waals surface area contributed by atoms with Gasteiger partial charge < -0.3 is 15.1 Å². The third kappa shape index (κ3) is 6.18. The van der Waals surface area contributed by atoms with Gasteiger partial charge in [0, 0.05) is 50.0 Å². The smallest absolute Gasteiger partial charge is 0.322 e. The molecule has 2 aromatic carbocycles. The third-order valence-electron chi connectivity index (χ3n) is 7.31. The Hall–Kier alpha value is -3.39. The molecule has 1 aliphatic rings. The maximum absolute atomic E-state index is 13.8. The van der Waals surface area contributed by atoms with Crippen LogP contribution in [0.1, 0.15) is 50.9 Å². The van der Waals surface area contributed by atoms with Gasteiger partial charge in [-0.25, -0.2) is 13.9 Å². The molecule has 1 aliphatic heterocycles. The van der Waals surface area contributed by atoms with Crippen molar-refractivity contribution in [2.75, 3.05) is 42.9 Å². The van der Waals surface area contributed by atoms with Gasteiger partial charge in [-0.1, -0.05) is 32.0 Å². The van der Waals surface area contributed by atoms with Crippen molar-refractivity contribution in [3.63, 3.8) is 0 Å². The summed E-state index contributed by atoms with van der Waals surface area (Å²) in [4.78, 5) is 20.2. The number of aromatic nitrogens is 2. The van der Waals surface area contributed by atoms with Crippen molar-refractivity contribution in [3.05, 3.63) is 71.2 Å². The van der Waals surface area contributed by atoms with Crippen LogP contribution in [0.15, 0.2) is 48.5 Å². The molecule has 0 spiro atoms. The van der Waals surface area contributed by atoms with Gasteiger partial charge in [0.2, 0.25) is 0 Å². The summed E-state index contributed by atoms with van der Waals surface area (Å²) in [6.45, 7) is 15.4. The largest absolute Gasteiger partial charge is 0.354 e. The van der Waals surface area contributed by atoms with E-state index in [2.05, 4.69) is 42.8 Å². The second-order valence-electron chi connectivity index (χ2n) is 10.3. The van der Waals surface area contributed by atoms with Crippen LogP contribution in [0.25, 0.3) is 5.69 Å². The van der Waals surface area contributed by atoms with Crippen LogP contribution >= 0.6 is 0 Å². The number of nitrogens with one attached hydrogen (secondary N) is 1. The number of rotatable bonds is 9. The van der Waals surface area contributed by atoms with Gasteiger partial charge in [-0.15, -0.1) is 0 Å². The highest BCUT2D eigenvalue weighted by Crippen LogP contribution is 2.31. The first-order chi connectivity index (χ1) is 18.3. The van der Waals surface area contributed by atoms with E-state index in [1.807, 2.05) is 40.8 Å². The third-order valence-corrected chi connectivity index (χ3v) is 7.31. The van der Waals surface area contributed by atoms with E-state index in [4.69, 9.17) is 5.10 Å². The molecule has 1 saturated heterocycles. The molecule has 0 aliphatic carbocycles. The molecular formula is C30H41FN6O. The monoisotopic (exact) mass is 520 g/mol. The topological polar surface area (TPSA) is 56.6 Å². The predicted octanol–water partition coefficient (Wildman–Crippen LogP) is 5.86. The van der Waals surface area contributed by atoms with Gasteiger partial charge in [-0.3, -0.25) is 4.90 Å². The second kappa shape index (κ2) is 12.4. The molecule has 0 unspecified atom stereocenters. The molecule has 204 valence electrons. The lowest BCUT2D eigenvalue weighted by atomic mass is 10.1. The minimum atomic E-state index is -0.272. The number of para-hydroxylation sites is 1. The van der Waals surface area contributed by atoms with Crippen molar-refractivity contribution in [2.24, 2.45) is 0 Å². The first kappa shape index (κ1) is 27.6. The minimum absolute atomic E-state index is 0.117. The predicted molar refractivity (Wildman–Crippen MR) is 153 cm³/mol. The molecule has 2 amide bonds. The summed E-state index contributed by atoms with van der Waals surface area (Å²) in [7, 11) is 0. The average Bonchev–Trinajstić information content (AvgIpc) is 3.28. The number of hydrogen-bond donors (Lipinski definition) is 1. The number of urea groups is 1. The molecule has 0 radical (unpaired) electrons. The molecule has 1 aromatic heterocycles. The summed E-state index contributed by atoms with van der Waals surface area (Å²) in [6, 6.07) is 14.7. The first-order valence-corrected chi connectivity index (χ1v) is 13.8. The van der Waals surface area contributed by atoms with Crippen LogP contribution in [0.4, 0.5) is 20.7 Å². The molecule has 0 bridgehead atoms. The lowest BCUT2D eigenvalue weighted by Crippen LogP contribution is -2.49. The van der Waals surface area contributed by atoms with Crippen LogP contribution in [0.5, 0.6) is 0 Å². The molecule has 8 heteroatoms. The van der Waals surface area contributed by atoms with Crippen molar-refractivity contribution < 1.29 is 9.18 Å². The number of anilines is 2. The molecule has 1 N–H and O–H groups in total. The highest BCUT2D eigenvalue weighted by atomic mass is 19.1. The number of aryl methyl sites for hydroxylation is 2. The number of nitrogens with zero attached hydrogens (tertiary/aromatic N) is 5. The van der Waals surface area contributed by atoms with Crippen LogP contribution in [-0.4, -0.2) is 64.4 Å². The second-order valence-corrected chi connectivity index (χ2v) is 10.3. The highest BCUT2D eigenvalue weighted by molar-refractivity contribution is 5.90. The Morgan fingerprint density at radius 1 is 1.05 bits per heavy atom. The van der Waals surface area contributed by atoms with Crippen molar-refractivity contribution in [1.29, 1.82) is 0 Å². The maximum atomic E-state index is 13.8. The van der Waals surface area contributed by atoms with Gasteiger partial charge >= 0.3 is 6.03 Å². The van der Waals surface area contributed by atoms with Gasteiger partial charge in [-0.2, -0.15) is 5.10 Å². The Balaban J connectivity index is 1.72. The van der Waals surface area contributed by atoms with Crippen molar-refractivity contribution >= 4 is 17.5 Å². The van der Waals surface area contributed by atoms with Crippen LogP contribution in [0.2, 0.25) is 0 Å². The van der Waals surface area contributed by atoms with Crippen molar-refractivity contribution in [3.8, 4) is 5.69 Å². The van der Waals surface area contributed by atoms with E-state index in [1.54, 1.807) is 12.1 Å². The fraction of sp³-hybridized carbons (Fsp3) is 0.467. The molecule has 0 atom stereocenters. The summed E-state index contributed by atoms with van der Waals surface area (Å²) in [5.41, 5.74) is 4.68. The number of amides is 2. The van der Waals surface area contributed by atoms with Gasteiger partial charge in [0.25, 0.3) is 0 Å². The quantitative estimate of drug-likeness (QED) is 0.384. The first-order valence-electron chi connectivity index (χ1n) is 13.8. The summed E-state index contributed by atoms with van der Waals surface area (Å²) in [5.74, 6) is 0.729. The van der Waals surface area contributed by atoms with Crippen LogP contribution in [0, 0.1) is 12.7 Å². The fourth-order valence-corrected chi connectivity index (χ4v) is 5.09. The van der Waals surface area contributed by atoms with Crippen molar-refractivity contribution in [1.82, 2.24) is 19.6 Å². The van der Waals surface area contributed by atoms with Gasteiger partial charge in [0.1, 0.15) is 11.6 Å². The normalized spacial score (nSPS) is 14.2. The van der Waals surface area contributed by atoms with Gasteiger partial charge in [-0.05, 0) is 69.5 Å². The molecule has 38 heavy (non-hydrogen) atoms. The molecule has 0 saturated carbocycles. The lowest BCUT2D eigenvalue weighted by Gasteiger charge is -2.38. The standard InChI is InChI=1S/C30H41FN6O/c1-6-16-36(30(38)32-28-11-9-8-10-23(28)5)21-26-27(7-2)33-37(25-14-12-24(31)13-15-25)29(26)35-19-17-34(18-20-35)22(3)4/h8-15,22H,6-7,16-21H2,1-5H3,(H,32,38). The molecule has 1 fully saturated rings. The van der Waals surface area contributed by atoms with Crippen LogP contribution < -0.4 is 10.2 Å². The number of piperazine rings is 1. The Labute approximate surface area is 226 Å². The Morgan fingerprint density at radius 3 is 2.34 bits per heavy atom. The van der Waals surface area contributed by atoms with Gasteiger partial charge in [0.15, 0.2) is 0 Å². The fourth-order valence-electron chi connectivity index (χ4n) is 5.09. The Kier molecular flexibility index (Phi) is 9.05. The average molecular weight is 521 g/mol. The molecule has 2 heterocycles. The summed E-state index contributed by atoms with van der Waals surface area (Å²) in [5, 5.41) is 8.12. The maximum Gasteiger partial charge on any atom is 0.322 e. The van der Waals surface area contributed by atoms with Crippen molar-refractivity contribution in [2.45, 2.75) is 60.0 Å². The Morgan fingerprint density at radius 2 is 1.74 bits per heavy atom. The van der Waals surface area contributed by atoms with Crippen LogP contribution in [0.3, 0.4) is 0 Å². The van der Waals surface area contributed by atoms with E-state index in [-0.39, 0.29) is 11.8 Å². The zero-order valence-corrected chi connectivity index (χ0v) is 23.4. The highest BCUT2D eigenvalue weighted by Gasteiger charge is 2.29. The summed E-state index contributed by atoms with van der Waals surface area (Å²) in [6.07, 6.45) is 1.58. The number of halogens is 1. The van der Waals surface area contributed by atoms with E-state index in [0.29, 0.717) is 19.1 Å². The van der Waals surface area contributed by atoms with E-state index in [0.717, 1.165) is 73.0 Å². The zero-order valence-electron chi connectivity index (χ0n) is 23.4. The number of benzene rings is 2. The van der Waals surface area contributed by atoms with E-state index in [9.17, 15) is 9.18 Å². The molecule has 7 nitrogen and oxygen atoms in total. The minimum Gasteiger partial charge on any atom is -0.354 e. The molecule has 4 rings (SSSR count). The summed E-state index contributed by atoms with van der Waals surface area (Å²) < 4.78 is 15.7. The zero-order chi connectivity index (χ0) is 27.2. The van der Waals surface area contributed by atoms with E-state index < -0.39 is 0 Å². The molecule has 3 aromatic rings. The lowest BCUT2D eigenvalue weighted by molar-refractivity contribution is 0.206. The Bertz CT molecular complexity index is 1210. The van der Waals surface area contributed by atoms with E-state index >= 15 is 0 Å². The number of carbonyl (C=O) groups is 1. The number of carbonyl (C=O) groups excluding carboxylic acids is 1. The van der Waals surface area contributed by atoms with Gasteiger partial charge in [0.05, 0.1) is 17.9 Å².